The Morgan fingerprint density at radius 1 is 1.47 bits per heavy atom. The molecule has 0 spiro atoms. The molecule has 0 radical (unpaired) electrons. The number of benzene rings is 1. The molecule has 0 aromatic heterocycles. The number of methoxy groups -OCH3 is 1. The van der Waals surface area contributed by atoms with Crippen LogP contribution in [0.25, 0.3) is 0 Å². The lowest BCUT2D eigenvalue weighted by molar-refractivity contribution is 0.400. The van der Waals surface area contributed by atoms with Gasteiger partial charge in [0.1, 0.15) is 16.5 Å². The summed E-state index contributed by atoms with van der Waals surface area (Å²) in [6.45, 7) is 0.585. The molecule has 7 heteroatoms. The van der Waals surface area contributed by atoms with E-state index in [1.165, 1.54) is 13.2 Å². The van der Waals surface area contributed by atoms with Crippen molar-refractivity contribution in [1.29, 1.82) is 0 Å². The summed E-state index contributed by atoms with van der Waals surface area (Å²) in [5.74, 6) is -0.531. The van der Waals surface area contributed by atoms with Crippen molar-refractivity contribution in [3.8, 4) is 5.75 Å². The van der Waals surface area contributed by atoms with E-state index in [0.717, 1.165) is 12.1 Å². The maximum atomic E-state index is 13.0. The van der Waals surface area contributed by atoms with Crippen LogP contribution in [-0.4, -0.2) is 28.6 Å². The van der Waals surface area contributed by atoms with Gasteiger partial charge < -0.3 is 10.5 Å². The molecule has 1 rings (SSSR count). The van der Waals surface area contributed by atoms with Gasteiger partial charge in [-0.05, 0) is 31.2 Å². The van der Waals surface area contributed by atoms with Crippen LogP contribution in [0.5, 0.6) is 5.75 Å². The number of rotatable bonds is 6. The van der Waals surface area contributed by atoms with Crippen LogP contribution in [0.4, 0.5) is 4.39 Å². The first kappa shape index (κ1) is 13.9. The predicted octanol–water partition coefficient (Wildman–Crippen LogP) is 0.461. The summed E-state index contributed by atoms with van der Waals surface area (Å²) < 4.78 is 43.9. The largest absolute Gasteiger partial charge is 0.495 e. The fourth-order valence-corrected chi connectivity index (χ4v) is 2.50. The van der Waals surface area contributed by atoms with E-state index in [1.54, 1.807) is 0 Å². The number of nitrogens with two attached hydrogens (primary N) is 1. The van der Waals surface area contributed by atoms with Gasteiger partial charge in [0.2, 0.25) is 10.0 Å². The standard InChI is InChI=1S/C10H15FN2O3S/c1-16-9-4-3-8(11)7-10(9)17(14,15)13-6-2-5-12/h3-4,7,13H,2,5-6,12H2,1H3. The summed E-state index contributed by atoms with van der Waals surface area (Å²) in [5.41, 5.74) is 5.26. The van der Waals surface area contributed by atoms with Crippen LogP contribution in [0.1, 0.15) is 6.42 Å². The normalized spacial score (nSPS) is 11.5. The Balaban J connectivity index is 3.00. The molecule has 0 saturated heterocycles. The van der Waals surface area contributed by atoms with E-state index < -0.39 is 15.8 Å². The van der Waals surface area contributed by atoms with Crippen molar-refractivity contribution in [2.75, 3.05) is 20.2 Å². The molecule has 0 heterocycles. The molecule has 0 aliphatic rings. The van der Waals surface area contributed by atoms with E-state index in [0.29, 0.717) is 13.0 Å². The highest BCUT2D eigenvalue weighted by atomic mass is 32.2. The van der Waals surface area contributed by atoms with E-state index in [2.05, 4.69) is 4.72 Å². The molecule has 96 valence electrons. The van der Waals surface area contributed by atoms with Gasteiger partial charge in [-0.15, -0.1) is 0 Å². The van der Waals surface area contributed by atoms with Gasteiger partial charge in [0.25, 0.3) is 0 Å². The Labute approximate surface area is 99.8 Å². The average Bonchev–Trinajstić information content (AvgIpc) is 2.29. The van der Waals surface area contributed by atoms with E-state index in [9.17, 15) is 12.8 Å². The number of halogens is 1. The zero-order chi connectivity index (χ0) is 12.9. The lowest BCUT2D eigenvalue weighted by Crippen LogP contribution is -2.26. The van der Waals surface area contributed by atoms with Gasteiger partial charge >= 0.3 is 0 Å². The minimum Gasteiger partial charge on any atom is -0.495 e. The molecule has 1 aromatic carbocycles. The Kier molecular flexibility index (Phi) is 4.86. The zero-order valence-corrected chi connectivity index (χ0v) is 10.3. The van der Waals surface area contributed by atoms with Gasteiger partial charge in [-0.2, -0.15) is 0 Å². The third-order valence-electron chi connectivity index (χ3n) is 2.09. The molecule has 0 aliphatic carbocycles. The molecule has 0 unspecified atom stereocenters. The van der Waals surface area contributed by atoms with Crippen molar-refractivity contribution in [2.45, 2.75) is 11.3 Å². The van der Waals surface area contributed by atoms with Crippen molar-refractivity contribution in [3.63, 3.8) is 0 Å². The molecule has 0 bridgehead atoms. The maximum absolute atomic E-state index is 13.0. The van der Waals surface area contributed by atoms with Crippen LogP contribution >= 0.6 is 0 Å². The summed E-state index contributed by atoms with van der Waals surface area (Å²) in [6, 6.07) is 3.33. The number of hydrogen-bond donors (Lipinski definition) is 2. The van der Waals surface area contributed by atoms with Gasteiger partial charge in [-0.1, -0.05) is 0 Å². The highest BCUT2D eigenvalue weighted by molar-refractivity contribution is 7.89. The quantitative estimate of drug-likeness (QED) is 0.730. The molecule has 0 aliphatic heterocycles. The van der Waals surface area contributed by atoms with Crippen LogP contribution in [0.2, 0.25) is 0 Å². The Morgan fingerprint density at radius 3 is 2.76 bits per heavy atom. The van der Waals surface area contributed by atoms with Crippen molar-refractivity contribution >= 4 is 10.0 Å². The highest BCUT2D eigenvalue weighted by Crippen LogP contribution is 2.23. The monoisotopic (exact) mass is 262 g/mol. The van der Waals surface area contributed by atoms with Crippen LogP contribution < -0.4 is 15.2 Å². The fourth-order valence-electron chi connectivity index (χ4n) is 1.25. The van der Waals surface area contributed by atoms with Gasteiger partial charge in [-0.25, -0.2) is 17.5 Å². The predicted molar refractivity (Wildman–Crippen MR) is 61.8 cm³/mol. The topological polar surface area (TPSA) is 81.4 Å². The number of ether oxygens (including phenoxy) is 1. The number of nitrogens with one attached hydrogen (secondary N) is 1. The summed E-state index contributed by atoms with van der Waals surface area (Å²) in [7, 11) is -2.44. The molecular weight excluding hydrogens is 247 g/mol. The van der Waals surface area contributed by atoms with Crippen molar-refractivity contribution in [1.82, 2.24) is 4.72 Å². The van der Waals surface area contributed by atoms with Crippen molar-refractivity contribution in [3.05, 3.63) is 24.0 Å². The summed E-state index contributed by atoms with van der Waals surface area (Å²) in [6.07, 6.45) is 0.511. The second-order valence-electron chi connectivity index (χ2n) is 3.34. The first-order valence-corrected chi connectivity index (χ1v) is 6.53. The van der Waals surface area contributed by atoms with Gasteiger partial charge in [0.05, 0.1) is 7.11 Å². The Morgan fingerprint density at radius 2 is 2.18 bits per heavy atom. The Bertz CT molecular complexity index is 476. The maximum Gasteiger partial charge on any atom is 0.244 e. The second kappa shape index (κ2) is 5.95. The number of sulfonamides is 1. The minimum absolute atomic E-state index is 0.103. The molecule has 1 aromatic rings. The average molecular weight is 262 g/mol. The molecule has 5 nitrogen and oxygen atoms in total. The zero-order valence-electron chi connectivity index (χ0n) is 9.44. The molecule has 3 N–H and O–H groups in total. The van der Waals surface area contributed by atoms with E-state index in [4.69, 9.17) is 10.5 Å². The van der Waals surface area contributed by atoms with Crippen molar-refractivity contribution in [2.24, 2.45) is 5.73 Å². The third-order valence-corrected chi connectivity index (χ3v) is 3.57. The Hall–Kier alpha value is -1.18. The van der Waals surface area contributed by atoms with Crippen LogP contribution in [0.3, 0.4) is 0 Å². The summed E-state index contributed by atoms with van der Waals surface area (Å²) in [5, 5.41) is 0. The first-order chi connectivity index (χ1) is 8.01. The summed E-state index contributed by atoms with van der Waals surface area (Å²) >= 11 is 0. The highest BCUT2D eigenvalue weighted by Gasteiger charge is 2.19. The number of hydrogen-bond acceptors (Lipinski definition) is 4. The van der Waals surface area contributed by atoms with E-state index in [1.807, 2.05) is 0 Å². The van der Waals surface area contributed by atoms with E-state index >= 15 is 0 Å². The molecule has 17 heavy (non-hydrogen) atoms. The first-order valence-electron chi connectivity index (χ1n) is 5.04. The second-order valence-corrected chi connectivity index (χ2v) is 5.07. The third kappa shape index (κ3) is 3.65. The lowest BCUT2D eigenvalue weighted by atomic mass is 10.3. The SMILES string of the molecule is COc1ccc(F)cc1S(=O)(=O)NCCCN. The minimum atomic E-state index is -3.77. The lowest BCUT2D eigenvalue weighted by Gasteiger charge is -2.10. The van der Waals surface area contributed by atoms with Gasteiger partial charge in [0.15, 0.2) is 0 Å². The summed E-state index contributed by atoms with van der Waals surface area (Å²) in [4.78, 5) is -0.211. The molecule has 0 atom stereocenters. The van der Waals surface area contributed by atoms with Crippen molar-refractivity contribution < 1.29 is 17.5 Å². The molecule has 0 amide bonds. The fraction of sp³-hybridized carbons (Fsp3) is 0.400. The van der Waals surface area contributed by atoms with Gasteiger partial charge in [0, 0.05) is 6.54 Å². The molecular formula is C10H15FN2O3S. The van der Waals surface area contributed by atoms with E-state index in [-0.39, 0.29) is 17.2 Å². The van der Waals surface area contributed by atoms with Crippen LogP contribution in [0, 0.1) is 5.82 Å². The van der Waals surface area contributed by atoms with Crippen LogP contribution in [0.15, 0.2) is 23.1 Å². The molecule has 0 fully saturated rings. The smallest absolute Gasteiger partial charge is 0.244 e. The van der Waals surface area contributed by atoms with Crippen LogP contribution in [-0.2, 0) is 10.0 Å². The van der Waals surface area contributed by atoms with Gasteiger partial charge in [-0.3, -0.25) is 0 Å². The molecule has 0 saturated carbocycles.